The number of pyridine rings is 1. The van der Waals surface area contributed by atoms with E-state index in [1.165, 1.54) is 4.90 Å². The summed E-state index contributed by atoms with van der Waals surface area (Å²) in [4.78, 5) is 31.8. The zero-order valence-electron chi connectivity index (χ0n) is 18.4. The number of likely N-dealkylation sites (tertiary alicyclic amines) is 1. The van der Waals surface area contributed by atoms with Crippen LogP contribution in [0.5, 0.6) is 11.5 Å². The van der Waals surface area contributed by atoms with E-state index in [2.05, 4.69) is 4.98 Å². The van der Waals surface area contributed by atoms with Crippen LogP contribution in [0.4, 0.5) is 0 Å². The third-order valence-corrected chi connectivity index (χ3v) is 5.49. The Labute approximate surface area is 191 Å². The second-order valence-corrected chi connectivity index (χ2v) is 7.52. The molecule has 1 aromatic heterocycles. The highest BCUT2D eigenvalue weighted by atomic mass is 16.5. The fraction of sp³-hybridized carbons (Fsp3) is 0.192. The first-order chi connectivity index (χ1) is 16.0. The average Bonchev–Trinajstić information content (AvgIpc) is 3.10. The summed E-state index contributed by atoms with van der Waals surface area (Å²) in [6, 6.07) is 16.7. The van der Waals surface area contributed by atoms with E-state index in [9.17, 15) is 14.7 Å². The van der Waals surface area contributed by atoms with Gasteiger partial charge >= 0.3 is 0 Å². The maximum absolute atomic E-state index is 13.1. The zero-order valence-corrected chi connectivity index (χ0v) is 18.4. The van der Waals surface area contributed by atoms with E-state index in [0.717, 1.165) is 5.56 Å². The molecule has 1 atom stereocenters. The van der Waals surface area contributed by atoms with E-state index < -0.39 is 17.7 Å². The number of hydrogen-bond acceptors (Lipinski definition) is 6. The van der Waals surface area contributed by atoms with Gasteiger partial charge in [0.05, 0.1) is 25.3 Å². The summed E-state index contributed by atoms with van der Waals surface area (Å²) < 4.78 is 10.7. The number of Topliss-reactive ketones (excluding diaryl/α,β-unsaturated/α-hetero) is 1. The van der Waals surface area contributed by atoms with Crippen LogP contribution in [0.15, 0.2) is 78.6 Å². The molecule has 4 rings (SSSR count). The van der Waals surface area contributed by atoms with Crippen molar-refractivity contribution in [1.82, 2.24) is 9.88 Å². The molecule has 0 radical (unpaired) electrons. The first kappa shape index (κ1) is 22.1. The molecule has 1 fully saturated rings. The van der Waals surface area contributed by atoms with Crippen LogP contribution in [-0.4, -0.2) is 40.4 Å². The van der Waals surface area contributed by atoms with E-state index in [-0.39, 0.29) is 17.9 Å². The van der Waals surface area contributed by atoms with Crippen LogP contribution < -0.4 is 9.47 Å². The maximum atomic E-state index is 13.1. The number of amides is 1. The van der Waals surface area contributed by atoms with E-state index in [0.29, 0.717) is 29.2 Å². The first-order valence-electron chi connectivity index (χ1n) is 10.6. The Morgan fingerprint density at radius 3 is 2.33 bits per heavy atom. The van der Waals surface area contributed by atoms with Gasteiger partial charge in [-0.1, -0.05) is 18.2 Å². The van der Waals surface area contributed by atoms with Crippen LogP contribution in [0.3, 0.4) is 0 Å². The molecule has 1 saturated heterocycles. The van der Waals surface area contributed by atoms with Gasteiger partial charge in [-0.3, -0.25) is 14.6 Å². The summed E-state index contributed by atoms with van der Waals surface area (Å²) in [6.07, 6.45) is 3.29. The Bertz CT molecular complexity index is 1170. The Kier molecular flexibility index (Phi) is 6.40. The van der Waals surface area contributed by atoms with E-state index in [1.807, 2.05) is 13.0 Å². The SMILES string of the molecule is CCOc1ccc(C(O)=C2C(=O)C(=O)N(Cc3cccnc3)[C@H]2c2ccc(OC)cc2)cc1. The number of carbonyl (C=O) groups is 2. The van der Waals surface area contributed by atoms with Crippen LogP contribution in [0.2, 0.25) is 0 Å². The fourth-order valence-electron chi connectivity index (χ4n) is 3.90. The van der Waals surface area contributed by atoms with Crippen molar-refractivity contribution in [2.24, 2.45) is 0 Å². The summed E-state index contributed by atoms with van der Waals surface area (Å²) in [5.41, 5.74) is 1.93. The minimum absolute atomic E-state index is 0.0400. The second kappa shape index (κ2) is 9.56. The van der Waals surface area contributed by atoms with Gasteiger partial charge in [0.1, 0.15) is 17.3 Å². The molecule has 0 unspecified atom stereocenters. The molecule has 0 aliphatic carbocycles. The van der Waals surface area contributed by atoms with Gasteiger partial charge in [0.2, 0.25) is 0 Å². The number of rotatable bonds is 7. The highest BCUT2D eigenvalue weighted by molar-refractivity contribution is 6.46. The van der Waals surface area contributed by atoms with Crippen LogP contribution in [0.25, 0.3) is 5.76 Å². The molecular weight excluding hydrogens is 420 g/mol. The topological polar surface area (TPSA) is 89.0 Å². The van der Waals surface area contributed by atoms with Gasteiger partial charge in [-0.05, 0) is 60.5 Å². The molecule has 2 heterocycles. The second-order valence-electron chi connectivity index (χ2n) is 7.52. The summed E-state index contributed by atoms with van der Waals surface area (Å²) in [5, 5.41) is 11.1. The van der Waals surface area contributed by atoms with Gasteiger partial charge in [0, 0.05) is 24.5 Å². The monoisotopic (exact) mass is 444 g/mol. The zero-order chi connectivity index (χ0) is 23.4. The van der Waals surface area contributed by atoms with Crippen LogP contribution in [0.1, 0.15) is 29.7 Å². The number of hydrogen-bond donors (Lipinski definition) is 1. The molecule has 1 amide bonds. The molecule has 2 aromatic carbocycles. The Morgan fingerprint density at radius 1 is 1.03 bits per heavy atom. The van der Waals surface area contributed by atoms with Gasteiger partial charge in [-0.15, -0.1) is 0 Å². The molecule has 1 aliphatic rings. The highest BCUT2D eigenvalue weighted by Gasteiger charge is 2.46. The molecule has 7 nitrogen and oxygen atoms in total. The number of aliphatic hydroxyl groups excluding tert-OH is 1. The summed E-state index contributed by atoms with van der Waals surface area (Å²) in [5.74, 6) is -0.337. The molecule has 33 heavy (non-hydrogen) atoms. The summed E-state index contributed by atoms with van der Waals surface area (Å²) >= 11 is 0. The lowest BCUT2D eigenvalue weighted by Gasteiger charge is -2.25. The van der Waals surface area contributed by atoms with Crippen molar-refractivity contribution >= 4 is 17.4 Å². The van der Waals surface area contributed by atoms with E-state index in [4.69, 9.17) is 9.47 Å². The standard InChI is InChI=1S/C26H24N2O5/c1-3-33-21-12-8-19(9-13-21)24(29)22-23(18-6-10-20(32-2)11-7-18)28(26(31)25(22)30)16-17-5-4-14-27-15-17/h4-15,23,29H,3,16H2,1-2H3/t23-/m0/s1. The lowest BCUT2D eigenvalue weighted by Crippen LogP contribution is -2.29. The normalized spacial score (nSPS) is 17.3. The molecule has 3 aromatic rings. The Balaban J connectivity index is 1.81. The first-order valence-corrected chi connectivity index (χ1v) is 10.6. The van der Waals surface area contributed by atoms with Crippen molar-refractivity contribution in [2.75, 3.05) is 13.7 Å². The number of nitrogens with zero attached hydrogens (tertiary/aromatic N) is 2. The van der Waals surface area contributed by atoms with Crippen molar-refractivity contribution < 1.29 is 24.2 Å². The molecule has 168 valence electrons. The van der Waals surface area contributed by atoms with Gasteiger partial charge in [-0.25, -0.2) is 0 Å². The lowest BCUT2D eigenvalue weighted by atomic mass is 9.95. The minimum atomic E-state index is -0.761. The van der Waals surface area contributed by atoms with Crippen molar-refractivity contribution in [3.05, 3.63) is 95.3 Å². The number of aromatic nitrogens is 1. The Hall–Kier alpha value is -4.13. The predicted molar refractivity (Wildman–Crippen MR) is 123 cm³/mol. The summed E-state index contributed by atoms with van der Waals surface area (Å²) in [7, 11) is 1.56. The quantitative estimate of drug-likeness (QED) is 0.335. The van der Waals surface area contributed by atoms with Gasteiger partial charge in [0.15, 0.2) is 0 Å². The van der Waals surface area contributed by atoms with Gasteiger partial charge < -0.3 is 19.5 Å². The van der Waals surface area contributed by atoms with Crippen molar-refractivity contribution in [3.63, 3.8) is 0 Å². The van der Waals surface area contributed by atoms with Gasteiger partial charge in [0.25, 0.3) is 11.7 Å². The van der Waals surface area contributed by atoms with Crippen molar-refractivity contribution in [1.29, 1.82) is 0 Å². The number of ketones is 1. The largest absolute Gasteiger partial charge is 0.507 e. The molecule has 0 saturated carbocycles. The van der Waals surface area contributed by atoms with Crippen molar-refractivity contribution in [3.8, 4) is 11.5 Å². The van der Waals surface area contributed by atoms with Crippen LogP contribution >= 0.6 is 0 Å². The maximum Gasteiger partial charge on any atom is 0.295 e. The number of benzene rings is 2. The molecule has 1 aliphatic heterocycles. The number of methoxy groups -OCH3 is 1. The summed E-state index contributed by atoms with van der Waals surface area (Å²) in [6.45, 7) is 2.57. The minimum Gasteiger partial charge on any atom is -0.507 e. The fourth-order valence-corrected chi connectivity index (χ4v) is 3.90. The average molecular weight is 444 g/mol. The smallest absolute Gasteiger partial charge is 0.295 e. The van der Waals surface area contributed by atoms with Gasteiger partial charge in [-0.2, -0.15) is 0 Å². The number of carbonyl (C=O) groups excluding carboxylic acids is 2. The molecule has 7 heteroatoms. The van der Waals surface area contributed by atoms with E-state index in [1.54, 1.807) is 74.1 Å². The third-order valence-electron chi connectivity index (χ3n) is 5.49. The highest BCUT2D eigenvalue weighted by Crippen LogP contribution is 2.40. The third kappa shape index (κ3) is 4.43. The van der Waals surface area contributed by atoms with Crippen LogP contribution in [0, 0.1) is 0 Å². The molecule has 1 N–H and O–H groups in total. The predicted octanol–water partition coefficient (Wildman–Crippen LogP) is 4.11. The molecular formula is C26H24N2O5. The van der Waals surface area contributed by atoms with E-state index >= 15 is 0 Å². The molecule has 0 bridgehead atoms. The molecule has 0 spiro atoms. The van der Waals surface area contributed by atoms with Crippen molar-refractivity contribution in [2.45, 2.75) is 19.5 Å². The lowest BCUT2D eigenvalue weighted by molar-refractivity contribution is -0.140. The Morgan fingerprint density at radius 2 is 1.73 bits per heavy atom. The van der Waals surface area contributed by atoms with Crippen LogP contribution in [-0.2, 0) is 16.1 Å². The number of aliphatic hydroxyl groups is 1. The number of ether oxygens (including phenoxy) is 2.